The van der Waals surface area contributed by atoms with Gasteiger partial charge in [0.25, 0.3) is 0 Å². The second-order valence-corrected chi connectivity index (χ2v) is 10.5. The van der Waals surface area contributed by atoms with Gasteiger partial charge in [0.05, 0.1) is 5.41 Å². The summed E-state index contributed by atoms with van der Waals surface area (Å²) >= 11 is 0. The van der Waals surface area contributed by atoms with E-state index in [0.29, 0.717) is 13.0 Å². The van der Waals surface area contributed by atoms with Gasteiger partial charge in [-0.1, -0.05) is 68.8 Å². The number of carboxylic acid groups (broad SMARTS) is 1. The number of fused-ring (bicyclic) bond motifs is 4. The van der Waals surface area contributed by atoms with Crippen molar-refractivity contribution in [3.8, 4) is 11.1 Å². The van der Waals surface area contributed by atoms with Crippen LogP contribution in [-0.2, 0) is 14.3 Å². The lowest BCUT2D eigenvalue weighted by molar-refractivity contribution is -0.149. The molecule has 2 amide bonds. The number of carbonyl (C=O) groups is 3. The number of hydrogen-bond acceptors (Lipinski definition) is 4. The normalized spacial score (nSPS) is 23.5. The molecule has 35 heavy (non-hydrogen) atoms. The van der Waals surface area contributed by atoms with Crippen molar-refractivity contribution in [2.45, 2.75) is 45.1 Å². The van der Waals surface area contributed by atoms with Gasteiger partial charge in [-0.15, -0.1) is 0 Å². The van der Waals surface area contributed by atoms with E-state index in [-0.39, 0.29) is 36.8 Å². The molecule has 7 heteroatoms. The van der Waals surface area contributed by atoms with Crippen molar-refractivity contribution in [1.82, 2.24) is 10.2 Å². The van der Waals surface area contributed by atoms with Gasteiger partial charge >= 0.3 is 12.1 Å². The summed E-state index contributed by atoms with van der Waals surface area (Å²) in [7, 11) is 0. The Kier molecular flexibility index (Phi) is 6.03. The molecule has 1 aliphatic heterocycles. The largest absolute Gasteiger partial charge is 0.481 e. The maximum absolute atomic E-state index is 13.4. The zero-order valence-corrected chi connectivity index (χ0v) is 20.2. The molecular formula is C28H32N2O5. The summed E-state index contributed by atoms with van der Waals surface area (Å²) in [5.74, 6) is -1.30. The number of likely N-dealkylation sites (tertiary alicyclic amines) is 1. The minimum atomic E-state index is -0.846. The van der Waals surface area contributed by atoms with Gasteiger partial charge in [-0.3, -0.25) is 9.59 Å². The molecule has 2 fully saturated rings. The van der Waals surface area contributed by atoms with Crippen LogP contribution in [0.25, 0.3) is 11.1 Å². The quantitative estimate of drug-likeness (QED) is 0.649. The molecule has 7 nitrogen and oxygen atoms in total. The average molecular weight is 477 g/mol. The molecule has 1 saturated heterocycles. The van der Waals surface area contributed by atoms with Crippen molar-refractivity contribution < 1.29 is 24.2 Å². The zero-order valence-electron chi connectivity index (χ0n) is 20.2. The molecule has 0 spiro atoms. The molecule has 2 aromatic rings. The predicted octanol–water partition coefficient (Wildman–Crippen LogP) is 4.26. The second kappa shape index (κ2) is 9.02. The summed E-state index contributed by atoms with van der Waals surface area (Å²) in [5.41, 5.74) is 3.71. The van der Waals surface area contributed by atoms with Gasteiger partial charge in [0.1, 0.15) is 12.6 Å². The lowest BCUT2D eigenvalue weighted by Gasteiger charge is -2.28. The molecule has 0 bridgehead atoms. The molecule has 1 saturated carbocycles. The van der Waals surface area contributed by atoms with Gasteiger partial charge in [-0.05, 0) is 46.9 Å². The lowest BCUT2D eigenvalue weighted by atomic mass is 9.81. The van der Waals surface area contributed by atoms with Gasteiger partial charge in [-0.2, -0.15) is 0 Å². The molecule has 2 aliphatic carbocycles. The van der Waals surface area contributed by atoms with Crippen LogP contribution in [-0.4, -0.2) is 53.7 Å². The number of rotatable bonds is 6. The number of carboxylic acids is 1. The lowest BCUT2D eigenvalue weighted by Crippen LogP contribution is -2.51. The van der Waals surface area contributed by atoms with Gasteiger partial charge in [-0.25, -0.2) is 4.79 Å². The molecule has 3 aliphatic rings. The highest BCUT2D eigenvalue weighted by atomic mass is 16.5. The van der Waals surface area contributed by atoms with E-state index in [1.807, 2.05) is 38.1 Å². The van der Waals surface area contributed by atoms with Gasteiger partial charge in [0.15, 0.2) is 0 Å². The maximum Gasteiger partial charge on any atom is 0.407 e. The molecule has 0 aromatic heterocycles. The van der Waals surface area contributed by atoms with Crippen LogP contribution in [0.5, 0.6) is 0 Å². The van der Waals surface area contributed by atoms with E-state index >= 15 is 0 Å². The van der Waals surface area contributed by atoms with Crippen LogP contribution < -0.4 is 5.32 Å². The van der Waals surface area contributed by atoms with Crippen LogP contribution in [0.4, 0.5) is 4.79 Å². The molecule has 0 unspecified atom stereocenters. The number of benzene rings is 2. The number of alkyl carbamates (subject to hydrolysis) is 1. The van der Waals surface area contributed by atoms with Crippen molar-refractivity contribution in [1.29, 1.82) is 0 Å². The summed E-state index contributed by atoms with van der Waals surface area (Å²) < 4.78 is 5.65. The SMILES string of the molecule is CC(C)[C@@H](NC(=O)OCC1c2ccccc2-c2ccccc21)C(=O)N1C[C@H]2CCC[C@@]2(C(=O)O)C1. The minimum Gasteiger partial charge on any atom is -0.481 e. The molecular weight excluding hydrogens is 444 g/mol. The molecule has 2 N–H and O–H groups in total. The van der Waals surface area contributed by atoms with Crippen LogP contribution in [0.3, 0.4) is 0 Å². The van der Waals surface area contributed by atoms with Crippen LogP contribution in [0.1, 0.15) is 50.2 Å². The van der Waals surface area contributed by atoms with Crippen LogP contribution in [0.15, 0.2) is 48.5 Å². The van der Waals surface area contributed by atoms with E-state index in [1.165, 1.54) is 0 Å². The van der Waals surface area contributed by atoms with Crippen molar-refractivity contribution in [3.05, 3.63) is 59.7 Å². The number of carbonyl (C=O) groups excluding carboxylic acids is 2. The fourth-order valence-corrected chi connectivity index (χ4v) is 6.28. The highest BCUT2D eigenvalue weighted by molar-refractivity contribution is 5.88. The summed E-state index contributed by atoms with van der Waals surface area (Å²) in [5, 5.41) is 12.6. The van der Waals surface area contributed by atoms with Crippen LogP contribution in [0, 0.1) is 17.3 Å². The Balaban J connectivity index is 1.25. The summed E-state index contributed by atoms with van der Waals surface area (Å²) in [6.07, 6.45) is 1.67. The highest BCUT2D eigenvalue weighted by Crippen LogP contribution is 2.49. The van der Waals surface area contributed by atoms with Crippen molar-refractivity contribution >= 4 is 18.0 Å². The molecule has 5 rings (SSSR count). The van der Waals surface area contributed by atoms with Crippen LogP contribution >= 0.6 is 0 Å². The third kappa shape index (κ3) is 3.97. The van der Waals surface area contributed by atoms with Crippen molar-refractivity contribution in [2.75, 3.05) is 19.7 Å². The second-order valence-electron chi connectivity index (χ2n) is 10.5. The predicted molar refractivity (Wildman–Crippen MR) is 131 cm³/mol. The van der Waals surface area contributed by atoms with E-state index in [1.54, 1.807) is 4.90 Å². The Hall–Kier alpha value is -3.35. The number of hydrogen-bond donors (Lipinski definition) is 2. The molecule has 3 atom stereocenters. The molecule has 2 aromatic carbocycles. The van der Waals surface area contributed by atoms with E-state index in [2.05, 4.69) is 29.6 Å². The van der Waals surface area contributed by atoms with Gasteiger partial charge < -0.3 is 20.1 Å². The number of nitrogens with one attached hydrogen (secondary N) is 1. The Bertz CT molecular complexity index is 1120. The number of amides is 2. The zero-order chi connectivity index (χ0) is 24.7. The third-order valence-corrected chi connectivity index (χ3v) is 8.16. The third-order valence-electron chi connectivity index (χ3n) is 8.16. The van der Waals surface area contributed by atoms with E-state index in [0.717, 1.165) is 35.1 Å². The van der Waals surface area contributed by atoms with Crippen LogP contribution in [0.2, 0.25) is 0 Å². The monoisotopic (exact) mass is 476 g/mol. The Morgan fingerprint density at radius 1 is 1.09 bits per heavy atom. The first-order valence-electron chi connectivity index (χ1n) is 12.5. The fourth-order valence-electron chi connectivity index (χ4n) is 6.28. The minimum absolute atomic E-state index is 0.0220. The van der Waals surface area contributed by atoms with Gasteiger partial charge in [0.2, 0.25) is 5.91 Å². The Morgan fingerprint density at radius 2 is 1.71 bits per heavy atom. The highest BCUT2D eigenvalue weighted by Gasteiger charge is 2.56. The van der Waals surface area contributed by atoms with Crippen molar-refractivity contribution in [3.63, 3.8) is 0 Å². The topological polar surface area (TPSA) is 95.9 Å². The maximum atomic E-state index is 13.4. The van der Waals surface area contributed by atoms with E-state index < -0.39 is 23.5 Å². The number of aliphatic carboxylic acids is 1. The van der Waals surface area contributed by atoms with E-state index in [9.17, 15) is 19.5 Å². The van der Waals surface area contributed by atoms with Crippen molar-refractivity contribution in [2.24, 2.45) is 17.3 Å². The standard InChI is InChI=1S/C28H32N2O5/c1-17(2)24(25(31)30-14-18-8-7-13-28(18,16-30)26(32)33)29-27(34)35-15-23-21-11-5-3-9-19(21)20-10-4-6-12-22(20)23/h3-6,9-12,17-18,23-24H,7-8,13-16H2,1-2H3,(H,29,34)(H,32,33)/t18-,24-,28-/m1/s1. The molecule has 184 valence electrons. The summed E-state index contributed by atoms with van der Waals surface area (Å²) in [4.78, 5) is 39.8. The first kappa shape index (κ1) is 23.4. The fraction of sp³-hybridized carbons (Fsp3) is 0.464. The Morgan fingerprint density at radius 3 is 2.29 bits per heavy atom. The smallest absolute Gasteiger partial charge is 0.407 e. The van der Waals surface area contributed by atoms with E-state index in [4.69, 9.17) is 4.74 Å². The first-order chi connectivity index (χ1) is 16.8. The number of nitrogens with zero attached hydrogens (tertiary/aromatic N) is 1. The molecule has 1 heterocycles. The number of ether oxygens (including phenoxy) is 1. The summed E-state index contributed by atoms with van der Waals surface area (Å²) in [6, 6.07) is 15.5. The average Bonchev–Trinajstić information content (AvgIpc) is 3.50. The Labute approximate surface area is 205 Å². The summed E-state index contributed by atoms with van der Waals surface area (Å²) in [6.45, 7) is 4.56. The first-order valence-corrected chi connectivity index (χ1v) is 12.5. The molecule has 0 radical (unpaired) electrons. The van der Waals surface area contributed by atoms with Gasteiger partial charge in [0, 0.05) is 19.0 Å².